The Morgan fingerprint density at radius 3 is 3.06 bits per heavy atom. The van der Waals surface area contributed by atoms with Crippen LogP contribution in [0, 0.1) is 6.92 Å². The van der Waals surface area contributed by atoms with Crippen molar-refractivity contribution in [2.24, 2.45) is 0 Å². The monoisotopic (exact) mass is 226 g/mol. The Kier molecular flexibility index (Phi) is 2.44. The van der Waals surface area contributed by atoms with Crippen molar-refractivity contribution in [3.8, 4) is 5.75 Å². The minimum Gasteiger partial charge on any atom is -0.493 e. The van der Waals surface area contributed by atoms with Gasteiger partial charge < -0.3 is 10.1 Å². The van der Waals surface area contributed by atoms with Gasteiger partial charge in [0.25, 0.3) is 0 Å². The van der Waals surface area contributed by atoms with Crippen LogP contribution in [0.15, 0.2) is 36.5 Å². The predicted molar refractivity (Wildman–Crippen MR) is 67.9 cm³/mol. The summed E-state index contributed by atoms with van der Waals surface area (Å²) < 4.78 is 5.48. The topological polar surface area (TPSA) is 34.2 Å². The van der Waals surface area contributed by atoms with Crippen molar-refractivity contribution in [1.29, 1.82) is 0 Å². The second-order valence-corrected chi connectivity index (χ2v) is 4.26. The number of aromatic nitrogens is 1. The van der Waals surface area contributed by atoms with Gasteiger partial charge in [0.15, 0.2) is 0 Å². The molecule has 17 heavy (non-hydrogen) atoms. The molecule has 0 bridgehead atoms. The van der Waals surface area contributed by atoms with Gasteiger partial charge in [0.2, 0.25) is 0 Å². The summed E-state index contributed by atoms with van der Waals surface area (Å²) in [5, 5.41) is 3.31. The Morgan fingerprint density at radius 1 is 1.24 bits per heavy atom. The van der Waals surface area contributed by atoms with Gasteiger partial charge in [-0.3, -0.25) is 0 Å². The lowest BCUT2D eigenvalue weighted by atomic mass is 10.1. The molecule has 0 fully saturated rings. The van der Waals surface area contributed by atoms with Crippen LogP contribution < -0.4 is 10.1 Å². The van der Waals surface area contributed by atoms with E-state index < -0.39 is 0 Å². The molecule has 1 aliphatic rings. The molecule has 0 aliphatic carbocycles. The van der Waals surface area contributed by atoms with Gasteiger partial charge in [0, 0.05) is 18.3 Å². The average Bonchev–Trinajstić information content (AvgIpc) is 2.76. The Hall–Kier alpha value is -2.03. The molecule has 0 spiro atoms. The molecule has 1 aromatic carbocycles. The highest BCUT2D eigenvalue weighted by molar-refractivity contribution is 5.60. The first kappa shape index (κ1) is 10.1. The number of pyridine rings is 1. The molecule has 1 N–H and O–H groups in total. The Balaban J connectivity index is 1.86. The number of hydrogen-bond donors (Lipinski definition) is 1. The van der Waals surface area contributed by atoms with Gasteiger partial charge in [0.05, 0.1) is 6.61 Å². The fourth-order valence-electron chi connectivity index (χ4n) is 2.02. The summed E-state index contributed by atoms with van der Waals surface area (Å²) >= 11 is 0. The molecule has 0 amide bonds. The van der Waals surface area contributed by atoms with Crippen molar-refractivity contribution in [2.75, 3.05) is 11.9 Å². The van der Waals surface area contributed by atoms with Gasteiger partial charge in [-0.15, -0.1) is 0 Å². The molecule has 1 aliphatic heterocycles. The number of anilines is 2. The number of nitrogens with one attached hydrogen (secondary N) is 1. The highest BCUT2D eigenvalue weighted by atomic mass is 16.5. The maximum atomic E-state index is 5.48. The summed E-state index contributed by atoms with van der Waals surface area (Å²) in [5.74, 6) is 1.89. The molecule has 0 radical (unpaired) electrons. The lowest BCUT2D eigenvalue weighted by molar-refractivity contribution is 0.357. The maximum Gasteiger partial charge on any atom is 0.130 e. The summed E-state index contributed by atoms with van der Waals surface area (Å²) in [6, 6.07) is 10.2. The van der Waals surface area contributed by atoms with Crippen LogP contribution in [0.2, 0.25) is 0 Å². The highest BCUT2D eigenvalue weighted by Crippen LogP contribution is 2.28. The van der Waals surface area contributed by atoms with E-state index in [1.54, 1.807) is 0 Å². The van der Waals surface area contributed by atoms with Gasteiger partial charge in [-0.1, -0.05) is 0 Å². The van der Waals surface area contributed by atoms with Gasteiger partial charge in [-0.2, -0.15) is 0 Å². The summed E-state index contributed by atoms with van der Waals surface area (Å²) in [5.41, 5.74) is 3.53. The third-order valence-corrected chi connectivity index (χ3v) is 2.88. The number of nitrogens with zero attached hydrogens (tertiary/aromatic N) is 1. The number of benzene rings is 1. The summed E-state index contributed by atoms with van der Waals surface area (Å²) in [6.07, 6.45) is 2.81. The zero-order chi connectivity index (χ0) is 11.7. The molecular formula is C14H14N2O. The van der Waals surface area contributed by atoms with Crippen molar-refractivity contribution in [3.05, 3.63) is 47.7 Å². The Bertz CT molecular complexity index is 552. The first-order valence-corrected chi connectivity index (χ1v) is 5.77. The van der Waals surface area contributed by atoms with Crippen molar-refractivity contribution < 1.29 is 4.74 Å². The van der Waals surface area contributed by atoms with Gasteiger partial charge >= 0.3 is 0 Å². The quantitative estimate of drug-likeness (QED) is 0.854. The van der Waals surface area contributed by atoms with E-state index >= 15 is 0 Å². The predicted octanol–water partition coefficient (Wildman–Crippen LogP) is 3.07. The van der Waals surface area contributed by atoms with E-state index in [1.165, 1.54) is 11.1 Å². The molecule has 0 atom stereocenters. The number of ether oxygens (including phenoxy) is 1. The molecule has 2 aromatic rings. The number of aryl methyl sites for hydroxylation is 1. The lowest BCUT2D eigenvalue weighted by Crippen LogP contribution is -1.94. The van der Waals surface area contributed by atoms with Crippen LogP contribution >= 0.6 is 0 Å². The van der Waals surface area contributed by atoms with Gasteiger partial charge in [-0.25, -0.2) is 4.98 Å². The minimum atomic E-state index is 0.793. The highest BCUT2D eigenvalue weighted by Gasteiger charge is 2.11. The SMILES string of the molecule is Cc1ccnc(Nc2ccc3c(c2)CCO3)c1. The second-order valence-electron chi connectivity index (χ2n) is 4.26. The molecule has 0 saturated carbocycles. The zero-order valence-corrected chi connectivity index (χ0v) is 9.73. The van der Waals surface area contributed by atoms with Crippen LogP contribution in [0.25, 0.3) is 0 Å². The Morgan fingerprint density at radius 2 is 2.18 bits per heavy atom. The largest absolute Gasteiger partial charge is 0.493 e. The first-order valence-electron chi connectivity index (χ1n) is 5.77. The van der Waals surface area contributed by atoms with E-state index in [0.717, 1.165) is 30.3 Å². The van der Waals surface area contributed by atoms with Crippen molar-refractivity contribution in [1.82, 2.24) is 4.98 Å². The molecule has 0 saturated heterocycles. The van der Waals surface area contributed by atoms with E-state index in [9.17, 15) is 0 Å². The number of fused-ring (bicyclic) bond motifs is 1. The van der Waals surface area contributed by atoms with Crippen LogP contribution in [0.3, 0.4) is 0 Å². The summed E-state index contributed by atoms with van der Waals surface area (Å²) in [4.78, 5) is 4.29. The molecule has 2 heterocycles. The molecule has 0 unspecified atom stereocenters. The lowest BCUT2D eigenvalue weighted by Gasteiger charge is -2.07. The summed E-state index contributed by atoms with van der Waals surface area (Å²) in [7, 11) is 0. The number of hydrogen-bond acceptors (Lipinski definition) is 3. The van der Waals surface area contributed by atoms with Crippen LogP contribution in [0.4, 0.5) is 11.5 Å². The second kappa shape index (κ2) is 4.09. The van der Waals surface area contributed by atoms with E-state index in [0.29, 0.717) is 0 Å². The van der Waals surface area contributed by atoms with Crippen LogP contribution in [0.1, 0.15) is 11.1 Å². The van der Waals surface area contributed by atoms with Crippen molar-refractivity contribution in [2.45, 2.75) is 13.3 Å². The minimum absolute atomic E-state index is 0.793. The average molecular weight is 226 g/mol. The molecule has 86 valence electrons. The van der Waals surface area contributed by atoms with Crippen molar-refractivity contribution >= 4 is 11.5 Å². The third kappa shape index (κ3) is 2.09. The first-order chi connectivity index (χ1) is 8.31. The van der Waals surface area contributed by atoms with Gasteiger partial charge in [-0.05, 0) is 48.4 Å². The molecular weight excluding hydrogens is 212 g/mol. The summed E-state index contributed by atoms with van der Waals surface area (Å²) in [6.45, 7) is 2.85. The third-order valence-electron chi connectivity index (χ3n) is 2.88. The van der Waals surface area contributed by atoms with Crippen LogP contribution in [-0.2, 0) is 6.42 Å². The van der Waals surface area contributed by atoms with E-state index in [2.05, 4.69) is 23.3 Å². The normalized spacial score (nSPS) is 13.0. The van der Waals surface area contributed by atoms with Crippen molar-refractivity contribution in [3.63, 3.8) is 0 Å². The molecule has 3 heteroatoms. The maximum absolute atomic E-state index is 5.48. The van der Waals surface area contributed by atoms with E-state index in [4.69, 9.17) is 4.74 Å². The Labute approximate surface area is 100 Å². The molecule has 1 aromatic heterocycles. The van der Waals surface area contributed by atoms with Gasteiger partial charge in [0.1, 0.15) is 11.6 Å². The number of rotatable bonds is 2. The molecule has 3 nitrogen and oxygen atoms in total. The smallest absolute Gasteiger partial charge is 0.130 e. The fraction of sp³-hybridized carbons (Fsp3) is 0.214. The molecule has 3 rings (SSSR count). The fourth-order valence-corrected chi connectivity index (χ4v) is 2.02. The van der Waals surface area contributed by atoms with Crippen LogP contribution in [0.5, 0.6) is 5.75 Å². The van der Waals surface area contributed by atoms with E-state index in [-0.39, 0.29) is 0 Å². The standard InChI is InChI=1S/C14H14N2O/c1-10-4-6-15-14(8-10)16-12-2-3-13-11(9-12)5-7-17-13/h2-4,6,8-9H,5,7H2,1H3,(H,15,16). The van der Waals surface area contributed by atoms with E-state index in [1.807, 2.05) is 30.5 Å². The zero-order valence-electron chi connectivity index (χ0n) is 9.73. The van der Waals surface area contributed by atoms with Crippen LogP contribution in [-0.4, -0.2) is 11.6 Å².